The number of rotatable bonds is 4. The average Bonchev–Trinajstić information content (AvgIpc) is 2.76. The van der Waals surface area contributed by atoms with Crippen molar-refractivity contribution in [2.75, 3.05) is 14.2 Å². The molecule has 2 aromatic rings. The van der Waals surface area contributed by atoms with E-state index in [2.05, 4.69) is 51.9 Å². The van der Waals surface area contributed by atoms with Gasteiger partial charge in [-0.25, -0.2) is 4.68 Å². The number of aryl methyl sites for hydroxylation is 3. The van der Waals surface area contributed by atoms with Crippen LogP contribution in [0.5, 0.6) is 11.8 Å². The Labute approximate surface area is 146 Å². The fourth-order valence-electron chi connectivity index (χ4n) is 2.88. The van der Waals surface area contributed by atoms with Gasteiger partial charge in [0.15, 0.2) is 0 Å². The van der Waals surface area contributed by atoms with Crippen LogP contribution in [0.1, 0.15) is 36.6 Å². The first-order chi connectivity index (χ1) is 9.90. The van der Waals surface area contributed by atoms with Gasteiger partial charge < -0.3 is 9.47 Å². The molecule has 4 nitrogen and oxygen atoms in total. The third kappa shape index (κ3) is 3.21. The summed E-state index contributed by atoms with van der Waals surface area (Å²) in [6.07, 6.45) is 0. The molecule has 2 rings (SSSR count). The van der Waals surface area contributed by atoms with Crippen molar-refractivity contribution in [2.24, 2.45) is 0 Å². The van der Waals surface area contributed by atoms with Gasteiger partial charge in [-0.05, 0) is 51.3 Å². The molecule has 0 aliphatic heterocycles. The van der Waals surface area contributed by atoms with Crippen LogP contribution in [-0.4, -0.2) is 24.0 Å². The van der Waals surface area contributed by atoms with E-state index in [9.17, 15) is 0 Å². The molecule has 0 saturated carbocycles. The minimum atomic E-state index is 0. The van der Waals surface area contributed by atoms with Gasteiger partial charge in [-0.15, -0.1) is 5.10 Å². The number of hydrogen-bond acceptors (Lipinski definition) is 3. The first-order valence-electron chi connectivity index (χ1n) is 7.19. The van der Waals surface area contributed by atoms with Gasteiger partial charge in [0.2, 0.25) is 11.8 Å². The van der Waals surface area contributed by atoms with Crippen LogP contribution in [0.3, 0.4) is 0 Å². The van der Waals surface area contributed by atoms with Crippen molar-refractivity contribution in [1.29, 1.82) is 0 Å². The molecular weight excluding hydrogens is 371 g/mol. The maximum atomic E-state index is 5.64. The van der Waals surface area contributed by atoms with Gasteiger partial charge in [-0.1, -0.05) is 17.7 Å². The fourth-order valence-corrected chi connectivity index (χ4v) is 2.88. The maximum absolute atomic E-state index is 5.64. The maximum Gasteiger partial charge on any atom is 0.244 e. The minimum absolute atomic E-state index is 0. The molecule has 1 heterocycles. The summed E-state index contributed by atoms with van der Waals surface area (Å²) in [6, 6.07) is 4.55. The molecule has 0 radical (unpaired) electrons. The Kier molecular flexibility index (Phi) is 6.22. The second-order valence-corrected chi connectivity index (χ2v) is 5.71. The summed E-state index contributed by atoms with van der Waals surface area (Å²) in [7, 11) is 3.33. The molecule has 0 aliphatic rings. The van der Waals surface area contributed by atoms with E-state index in [1.54, 1.807) is 14.2 Å². The molecule has 0 N–H and O–H groups in total. The monoisotopic (exact) mass is 394 g/mol. The summed E-state index contributed by atoms with van der Waals surface area (Å²) in [5, 5.41) is 4.55. The molecule has 5 heteroatoms. The molecule has 1 aromatic heterocycles. The standard InChI is InChI=1S/C17H24N2O2.Pd/c1-10(2)19-17(21-7)15(16(18-19)20-6)14-12(4)8-11(3)9-13(14)5;/h8-10H,1-7H3;. The Bertz CT molecular complexity index is 640. The van der Waals surface area contributed by atoms with Crippen LogP contribution in [0.25, 0.3) is 11.1 Å². The Morgan fingerprint density at radius 3 is 1.91 bits per heavy atom. The normalized spacial score (nSPS) is 10.5. The van der Waals surface area contributed by atoms with Crippen LogP contribution in [0, 0.1) is 20.8 Å². The summed E-state index contributed by atoms with van der Waals surface area (Å²) in [5.74, 6) is 1.35. The van der Waals surface area contributed by atoms with E-state index in [0.29, 0.717) is 5.88 Å². The van der Waals surface area contributed by atoms with Crippen molar-refractivity contribution in [3.63, 3.8) is 0 Å². The van der Waals surface area contributed by atoms with E-state index in [1.165, 1.54) is 16.7 Å². The largest absolute Gasteiger partial charge is 0.481 e. The molecule has 0 bridgehead atoms. The first-order valence-corrected chi connectivity index (χ1v) is 7.19. The van der Waals surface area contributed by atoms with Crippen LogP contribution < -0.4 is 9.47 Å². The Morgan fingerprint density at radius 2 is 1.50 bits per heavy atom. The van der Waals surface area contributed by atoms with Crippen LogP contribution in [0.4, 0.5) is 0 Å². The summed E-state index contributed by atoms with van der Waals surface area (Å²) >= 11 is 0. The van der Waals surface area contributed by atoms with Crippen molar-refractivity contribution in [3.8, 4) is 22.9 Å². The Hall–Kier alpha value is -1.31. The number of hydrogen-bond donors (Lipinski definition) is 0. The second-order valence-electron chi connectivity index (χ2n) is 5.71. The van der Waals surface area contributed by atoms with Crippen molar-refractivity contribution in [1.82, 2.24) is 9.78 Å². The topological polar surface area (TPSA) is 36.3 Å². The van der Waals surface area contributed by atoms with Gasteiger partial charge in [0.1, 0.15) is 5.56 Å². The summed E-state index contributed by atoms with van der Waals surface area (Å²) in [5.41, 5.74) is 5.73. The molecule has 22 heavy (non-hydrogen) atoms. The summed E-state index contributed by atoms with van der Waals surface area (Å²) in [6.45, 7) is 10.5. The van der Waals surface area contributed by atoms with Crippen LogP contribution in [-0.2, 0) is 20.4 Å². The average molecular weight is 395 g/mol. The van der Waals surface area contributed by atoms with E-state index in [-0.39, 0.29) is 26.5 Å². The third-order valence-corrected chi connectivity index (χ3v) is 3.64. The zero-order valence-corrected chi connectivity index (χ0v) is 15.8. The zero-order chi connectivity index (χ0) is 15.7. The number of ether oxygens (including phenoxy) is 2. The van der Waals surface area contributed by atoms with Gasteiger partial charge >= 0.3 is 0 Å². The Balaban J connectivity index is 0.00000242. The SMILES string of the molecule is COc1nn(C(C)C)c(OC)c1-c1c(C)cc(C)cc1C.[Pd]. The van der Waals surface area contributed by atoms with Crippen LogP contribution >= 0.6 is 0 Å². The van der Waals surface area contributed by atoms with Gasteiger partial charge in [0.25, 0.3) is 0 Å². The van der Waals surface area contributed by atoms with Gasteiger partial charge in [-0.3, -0.25) is 0 Å². The quantitative estimate of drug-likeness (QED) is 0.733. The second kappa shape index (κ2) is 7.30. The number of aromatic nitrogens is 2. The molecule has 0 unspecified atom stereocenters. The molecule has 0 saturated heterocycles. The van der Waals surface area contributed by atoms with Crippen LogP contribution in [0.15, 0.2) is 12.1 Å². The molecule has 0 aliphatic carbocycles. The van der Waals surface area contributed by atoms with E-state index in [0.717, 1.165) is 17.0 Å². The minimum Gasteiger partial charge on any atom is -0.481 e. The van der Waals surface area contributed by atoms with Gasteiger partial charge in [-0.2, -0.15) is 0 Å². The van der Waals surface area contributed by atoms with E-state index < -0.39 is 0 Å². The smallest absolute Gasteiger partial charge is 0.244 e. The van der Waals surface area contributed by atoms with Crippen molar-refractivity contribution < 1.29 is 29.9 Å². The number of nitrogens with zero attached hydrogens (tertiary/aromatic N) is 2. The van der Waals surface area contributed by atoms with E-state index in [1.807, 2.05) is 4.68 Å². The van der Waals surface area contributed by atoms with Crippen molar-refractivity contribution in [3.05, 3.63) is 28.8 Å². The fraction of sp³-hybridized carbons (Fsp3) is 0.471. The van der Waals surface area contributed by atoms with E-state index >= 15 is 0 Å². The summed E-state index contributed by atoms with van der Waals surface area (Å²) < 4.78 is 13.0. The van der Waals surface area contributed by atoms with E-state index in [4.69, 9.17) is 9.47 Å². The summed E-state index contributed by atoms with van der Waals surface area (Å²) in [4.78, 5) is 0. The molecule has 1 aromatic carbocycles. The molecule has 0 spiro atoms. The molecule has 0 fully saturated rings. The third-order valence-electron chi connectivity index (χ3n) is 3.64. The molecular formula is C17H24N2O2Pd. The number of methoxy groups -OCH3 is 2. The van der Waals surface area contributed by atoms with Gasteiger partial charge in [0, 0.05) is 20.4 Å². The van der Waals surface area contributed by atoms with Gasteiger partial charge in [0.05, 0.1) is 20.3 Å². The molecule has 0 atom stereocenters. The predicted molar refractivity (Wildman–Crippen MR) is 85.4 cm³/mol. The predicted octanol–water partition coefficient (Wildman–Crippen LogP) is 4.07. The van der Waals surface area contributed by atoms with Crippen molar-refractivity contribution in [2.45, 2.75) is 40.7 Å². The van der Waals surface area contributed by atoms with Crippen molar-refractivity contribution >= 4 is 0 Å². The molecule has 124 valence electrons. The zero-order valence-electron chi connectivity index (χ0n) is 14.3. The number of benzene rings is 1. The first kappa shape index (κ1) is 18.7. The molecule has 0 amide bonds. The van der Waals surface area contributed by atoms with Crippen LogP contribution in [0.2, 0.25) is 0 Å². The Morgan fingerprint density at radius 1 is 0.955 bits per heavy atom.